The lowest BCUT2D eigenvalue weighted by atomic mass is 10.5. The van der Waals surface area contributed by atoms with E-state index in [2.05, 4.69) is 43.2 Å². The van der Waals surface area contributed by atoms with Crippen molar-refractivity contribution in [2.75, 3.05) is 6.54 Å². The van der Waals surface area contributed by atoms with Crippen molar-refractivity contribution in [3.8, 4) is 10.7 Å². The van der Waals surface area contributed by atoms with E-state index in [0.29, 0.717) is 16.9 Å². The summed E-state index contributed by atoms with van der Waals surface area (Å²) in [6.07, 6.45) is 0. The third-order valence-electron chi connectivity index (χ3n) is 1.96. The maximum absolute atomic E-state index is 11.5. The molecular formula is C10H10BrN5OS. The minimum atomic E-state index is -0.189. The molecule has 0 bridgehead atoms. The minimum Gasteiger partial charge on any atom is -0.350 e. The maximum Gasteiger partial charge on any atom is 0.243 e. The Hall–Kier alpha value is -1.54. The number of thiophene rings is 1. The van der Waals surface area contributed by atoms with Crippen LogP contribution in [-0.2, 0) is 11.3 Å². The van der Waals surface area contributed by atoms with Crippen molar-refractivity contribution in [3.05, 3.63) is 28.6 Å². The molecular weight excluding hydrogens is 318 g/mol. The molecule has 6 nitrogen and oxygen atoms in total. The van der Waals surface area contributed by atoms with E-state index in [-0.39, 0.29) is 12.5 Å². The van der Waals surface area contributed by atoms with Crippen molar-refractivity contribution in [1.82, 2.24) is 25.5 Å². The summed E-state index contributed by atoms with van der Waals surface area (Å²) < 4.78 is 0.710. The van der Waals surface area contributed by atoms with E-state index in [1.807, 2.05) is 17.5 Å². The number of tetrazole rings is 1. The van der Waals surface area contributed by atoms with Crippen molar-refractivity contribution in [1.29, 1.82) is 0 Å². The molecule has 18 heavy (non-hydrogen) atoms. The number of rotatable bonds is 5. The molecule has 0 saturated carbocycles. The standard InChI is InChI=1S/C10H10BrN5OS/c1-7(11)5-12-9(17)6-16-14-10(13-15-16)8-3-2-4-18-8/h2-4H,1,5-6H2,(H,12,17). The molecule has 2 heterocycles. The molecule has 0 aromatic carbocycles. The Morgan fingerprint density at radius 2 is 2.44 bits per heavy atom. The summed E-state index contributed by atoms with van der Waals surface area (Å²) in [5, 5.41) is 16.4. The summed E-state index contributed by atoms with van der Waals surface area (Å²) in [6, 6.07) is 3.82. The lowest BCUT2D eigenvalue weighted by Crippen LogP contribution is -2.29. The van der Waals surface area contributed by atoms with Gasteiger partial charge in [0, 0.05) is 11.0 Å². The lowest BCUT2D eigenvalue weighted by molar-refractivity contribution is -0.121. The fourth-order valence-corrected chi connectivity index (χ4v) is 1.98. The quantitative estimate of drug-likeness (QED) is 0.901. The zero-order valence-electron chi connectivity index (χ0n) is 9.34. The van der Waals surface area contributed by atoms with Crippen LogP contribution >= 0.6 is 27.3 Å². The topological polar surface area (TPSA) is 72.7 Å². The molecule has 0 spiro atoms. The van der Waals surface area contributed by atoms with E-state index in [9.17, 15) is 4.79 Å². The fourth-order valence-electron chi connectivity index (χ4n) is 1.19. The number of halogens is 1. The molecule has 0 saturated heterocycles. The lowest BCUT2D eigenvalue weighted by Gasteiger charge is -2.01. The second-order valence-electron chi connectivity index (χ2n) is 3.41. The van der Waals surface area contributed by atoms with E-state index in [0.717, 1.165) is 4.88 Å². The minimum absolute atomic E-state index is 0.0403. The van der Waals surface area contributed by atoms with E-state index in [4.69, 9.17) is 0 Å². The van der Waals surface area contributed by atoms with E-state index >= 15 is 0 Å². The first kappa shape index (κ1) is 12.9. The summed E-state index contributed by atoms with van der Waals surface area (Å²) in [4.78, 5) is 13.7. The van der Waals surface area contributed by atoms with Crippen LogP contribution in [0.25, 0.3) is 10.7 Å². The molecule has 0 unspecified atom stereocenters. The van der Waals surface area contributed by atoms with Gasteiger partial charge < -0.3 is 5.32 Å². The summed E-state index contributed by atoms with van der Waals surface area (Å²) in [5.74, 6) is 0.341. The molecule has 1 N–H and O–H groups in total. The average Bonchev–Trinajstić information content (AvgIpc) is 2.95. The Kier molecular flexibility index (Phi) is 4.21. The number of hydrogen-bond acceptors (Lipinski definition) is 5. The van der Waals surface area contributed by atoms with Crippen LogP contribution in [0.2, 0.25) is 0 Å². The van der Waals surface area contributed by atoms with Crippen LogP contribution in [0.5, 0.6) is 0 Å². The molecule has 2 rings (SSSR count). The molecule has 0 radical (unpaired) electrons. The third-order valence-corrected chi connectivity index (χ3v) is 3.10. The molecule has 0 aliphatic rings. The van der Waals surface area contributed by atoms with Gasteiger partial charge >= 0.3 is 0 Å². The predicted octanol–water partition coefficient (Wildman–Crippen LogP) is 1.43. The number of amides is 1. The van der Waals surface area contributed by atoms with Crippen molar-refractivity contribution in [2.24, 2.45) is 0 Å². The first-order chi connectivity index (χ1) is 8.65. The van der Waals surface area contributed by atoms with E-state index in [1.165, 1.54) is 16.1 Å². The molecule has 0 fully saturated rings. The number of hydrogen-bond donors (Lipinski definition) is 1. The Morgan fingerprint density at radius 3 is 3.11 bits per heavy atom. The van der Waals surface area contributed by atoms with Crippen LogP contribution in [-0.4, -0.2) is 32.7 Å². The smallest absolute Gasteiger partial charge is 0.243 e. The zero-order valence-corrected chi connectivity index (χ0v) is 11.7. The summed E-state index contributed by atoms with van der Waals surface area (Å²) >= 11 is 4.69. The van der Waals surface area contributed by atoms with Gasteiger partial charge in [-0.25, -0.2) is 0 Å². The van der Waals surface area contributed by atoms with Gasteiger partial charge in [0.1, 0.15) is 6.54 Å². The van der Waals surface area contributed by atoms with Gasteiger partial charge in [-0.05, 0) is 16.7 Å². The van der Waals surface area contributed by atoms with Gasteiger partial charge in [0.2, 0.25) is 11.7 Å². The monoisotopic (exact) mass is 327 g/mol. The predicted molar refractivity (Wildman–Crippen MR) is 72.2 cm³/mol. The highest BCUT2D eigenvalue weighted by Crippen LogP contribution is 2.19. The number of carbonyl (C=O) groups excluding carboxylic acids is 1. The van der Waals surface area contributed by atoms with Crippen LogP contribution < -0.4 is 5.32 Å². The SMILES string of the molecule is C=C(Br)CNC(=O)Cn1nnc(-c2cccs2)n1. The summed E-state index contributed by atoms with van der Waals surface area (Å²) in [5.41, 5.74) is 0. The number of aromatic nitrogens is 4. The molecule has 8 heteroatoms. The van der Waals surface area contributed by atoms with E-state index < -0.39 is 0 Å². The number of nitrogens with one attached hydrogen (secondary N) is 1. The van der Waals surface area contributed by atoms with Crippen molar-refractivity contribution >= 4 is 33.2 Å². The van der Waals surface area contributed by atoms with Gasteiger partial charge in [-0.3, -0.25) is 4.79 Å². The average molecular weight is 328 g/mol. The van der Waals surface area contributed by atoms with Crippen LogP contribution in [0.3, 0.4) is 0 Å². The number of nitrogens with zero attached hydrogens (tertiary/aromatic N) is 4. The highest BCUT2D eigenvalue weighted by Gasteiger charge is 2.09. The summed E-state index contributed by atoms with van der Waals surface area (Å²) in [6.45, 7) is 4.05. The Balaban J connectivity index is 1.95. The highest BCUT2D eigenvalue weighted by atomic mass is 79.9. The first-order valence-electron chi connectivity index (χ1n) is 5.07. The third kappa shape index (κ3) is 3.47. The van der Waals surface area contributed by atoms with Crippen LogP contribution in [0.1, 0.15) is 0 Å². The van der Waals surface area contributed by atoms with Crippen molar-refractivity contribution in [3.63, 3.8) is 0 Å². The van der Waals surface area contributed by atoms with Gasteiger partial charge in [0.25, 0.3) is 0 Å². The maximum atomic E-state index is 11.5. The highest BCUT2D eigenvalue weighted by molar-refractivity contribution is 9.11. The largest absolute Gasteiger partial charge is 0.350 e. The van der Waals surface area contributed by atoms with Gasteiger partial charge in [0.15, 0.2) is 0 Å². The molecule has 2 aromatic heterocycles. The van der Waals surface area contributed by atoms with Crippen LogP contribution in [0.15, 0.2) is 28.6 Å². The van der Waals surface area contributed by atoms with Crippen LogP contribution in [0.4, 0.5) is 0 Å². The van der Waals surface area contributed by atoms with Crippen molar-refractivity contribution in [2.45, 2.75) is 6.54 Å². The van der Waals surface area contributed by atoms with Gasteiger partial charge in [0.05, 0.1) is 4.88 Å². The van der Waals surface area contributed by atoms with Gasteiger partial charge in [-0.2, -0.15) is 4.80 Å². The first-order valence-corrected chi connectivity index (χ1v) is 6.74. The zero-order chi connectivity index (χ0) is 13.0. The van der Waals surface area contributed by atoms with Gasteiger partial charge in [-0.15, -0.1) is 21.5 Å². The molecule has 0 aliphatic carbocycles. The number of carbonyl (C=O) groups is 1. The van der Waals surface area contributed by atoms with Crippen molar-refractivity contribution < 1.29 is 4.79 Å². The molecule has 2 aromatic rings. The Labute approximate surface area is 116 Å². The fraction of sp³-hybridized carbons (Fsp3) is 0.200. The molecule has 0 atom stereocenters. The van der Waals surface area contributed by atoms with Crippen LogP contribution in [0, 0.1) is 0 Å². The normalized spacial score (nSPS) is 10.3. The summed E-state index contributed by atoms with van der Waals surface area (Å²) in [7, 11) is 0. The van der Waals surface area contributed by atoms with E-state index in [1.54, 1.807) is 0 Å². The second-order valence-corrected chi connectivity index (χ2v) is 5.48. The molecule has 94 valence electrons. The molecule has 0 aliphatic heterocycles. The van der Waals surface area contributed by atoms with Gasteiger partial charge in [-0.1, -0.05) is 28.6 Å². The second kappa shape index (κ2) is 5.87. The Morgan fingerprint density at radius 1 is 1.61 bits per heavy atom. The Bertz CT molecular complexity index is 550. The molecule has 1 amide bonds.